The molecule has 11 heavy (non-hydrogen) atoms. The summed E-state index contributed by atoms with van der Waals surface area (Å²) in [5.74, 6) is 0. The number of rotatable bonds is 1. The first-order chi connectivity index (χ1) is 5.07. The van der Waals surface area contributed by atoms with Gasteiger partial charge < -0.3 is 4.52 Å². The monoisotopic (exact) mass is 194 g/mol. The number of allylic oxidation sites excluding steroid dienone is 2. The van der Waals surface area contributed by atoms with E-state index in [1.165, 1.54) is 7.11 Å². The molecule has 2 nitrogen and oxygen atoms in total. The molecule has 0 spiro atoms. The summed E-state index contributed by atoms with van der Waals surface area (Å²) in [6.07, 6.45) is 1.83. The summed E-state index contributed by atoms with van der Waals surface area (Å²) < 4.78 is 16.6. The van der Waals surface area contributed by atoms with E-state index in [4.69, 9.17) is 16.1 Å². The van der Waals surface area contributed by atoms with E-state index < -0.39 is 7.37 Å². The molecule has 0 amide bonds. The SMILES string of the molecule is COP1(=O)CCC(Cl)=C(C)C1. The van der Waals surface area contributed by atoms with Crippen molar-refractivity contribution in [2.75, 3.05) is 19.4 Å². The minimum absolute atomic E-state index is 0.530. The highest BCUT2D eigenvalue weighted by Gasteiger charge is 2.27. The average molecular weight is 195 g/mol. The molecule has 0 aromatic carbocycles. The third-order valence-electron chi connectivity index (χ3n) is 1.95. The second kappa shape index (κ2) is 3.30. The van der Waals surface area contributed by atoms with E-state index >= 15 is 0 Å². The Kier molecular flexibility index (Phi) is 2.79. The number of hydrogen-bond acceptors (Lipinski definition) is 2. The summed E-state index contributed by atoms with van der Waals surface area (Å²) in [6, 6.07) is 0. The zero-order chi connectivity index (χ0) is 8.48. The van der Waals surface area contributed by atoms with Crippen LogP contribution in [0.2, 0.25) is 0 Å². The summed E-state index contributed by atoms with van der Waals surface area (Å²) in [5.41, 5.74) is 1.02. The summed E-state index contributed by atoms with van der Waals surface area (Å²) in [7, 11) is -0.823. The fourth-order valence-corrected chi connectivity index (χ4v) is 3.50. The number of hydrogen-bond donors (Lipinski definition) is 0. The zero-order valence-electron chi connectivity index (χ0n) is 6.76. The zero-order valence-corrected chi connectivity index (χ0v) is 8.41. The van der Waals surface area contributed by atoms with Crippen LogP contribution in [0.25, 0.3) is 0 Å². The summed E-state index contributed by atoms with van der Waals surface area (Å²) >= 11 is 5.85. The lowest BCUT2D eigenvalue weighted by atomic mass is 10.3. The van der Waals surface area contributed by atoms with Crippen molar-refractivity contribution in [1.29, 1.82) is 0 Å². The lowest BCUT2D eigenvalue weighted by Gasteiger charge is -2.21. The van der Waals surface area contributed by atoms with Crippen LogP contribution in [-0.4, -0.2) is 19.4 Å². The molecule has 0 aromatic rings. The van der Waals surface area contributed by atoms with Crippen LogP contribution >= 0.6 is 19.0 Å². The molecule has 0 saturated carbocycles. The lowest BCUT2D eigenvalue weighted by Crippen LogP contribution is -2.06. The Morgan fingerprint density at radius 3 is 2.73 bits per heavy atom. The predicted molar refractivity (Wildman–Crippen MR) is 47.5 cm³/mol. The fourth-order valence-electron chi connectivity index (χ4n) is 1.16. The topological polar surface area (TPSA) is 26.3 Å². The quantitative estimate of drug-likeness (QED) is 0.600. The number of halogens is 1. The highest BCUT2D eigenvalue weighted by atomic mass is 35.5. The fraction of sp³-hybridized carbons (Fsp3) is 0.714. The maximum atomic E-state index is 11.6. The van der Waals surface area contributed by atoms with E-state index in [0.29, 0.717) is 18.7 Å². The predicted octanol–water partition coefficient (Wildman–Crippen LogP) is 2.83. The van der Waals surface area contributed by atoms with Crippen LogP contribution in [0.1, 0.15) is 13.3 Å². The molecular formula is C7H12ClO2P. The van der Waals surface area contributed by atoms with E-state index in [1.807, 2.05) is 6.92 Å². The molecule has 0 aromatic heterocycles. The highest BCUT2D eigenvalue weighted by Crippen LogP contribution is 2.52. The third kappa shape index (κ3) is 2.08. The molecule has 1 unspecified atom stereocenters. The van der Waals surface area contributed by atoms with Gasteiger partial charge in [-0.15, -0.1) is 0 Å². The van der Waals surface area contributed by atoms with Gasteiger partial charge in [-0.05, 0) is 18.9 Å². The van der Waals surface area contributed by atoms with Gasteiger partial charge in [-0.1, -0.05) is 11.6 Å². The van der Waals surface area contributed by atoms with Gasteiger partial charge in [0.05, 0.1) is 0 Å². The summed E-state index contributed by atoms with van der Waals surface area (Å²) in [4.78, 5) is 0. The molecule has 0 aliphatic carbocycles. The van der Waals surface area contributed by atoms with Gasteiger partial charge in [0.2, 0.25) is 7.37 Å². The molecule has 0 saturated heterocycles. The molecule has 0 fully saturated rings. The smallest absolute Gasteiger partial charge is 0.207 e. The van der Waals surface area contributed by atoms with Gasteiger partial charge in [-0.2, -0.15) is 0 Å². The van der Waals surface area contributed by atoms with Gasteiger partial charge in [0.25, 0.3) is 0 Å². The maximum absolute atomic E-state index is 11.6. The van der Waals surface area contributed by atoms with E-state index in [2.05, 4.69) is 0 Å². The molecule has 1 atom stereocenters. The van der Waals surface area contributed by atoms with Crippen LogP contribution in [0.3, 0.4) is 0 Å². The Morgan fingerprint density at radius 1 is 1.64 bits per heavy atom. The second-order valence-electron chi connectivity index (χ2n) is 2.81. The minimum atomic E-state index is -2.33. The molecule has 1 aliphatic rings. The van der Waals surface area contributed by atoms with Gasteiger partial charge in [-0.3, -0.25) is 4.57 Å². The van der Waals surface area contributed by atoms with Crippen molar-refractivity contribution in [2.45, 2.75) is 13.3 Å². The average Bonchev–Trinajstić information content (AvgIpc) is 1.98. The molecule has 1 aliphatic heterocycles. The van der Waals surface area contributed by atoms with Gasteiger partial charge >= 0.3 is 0 Å². The Balaban J connectivity index is 2.79. The van der Waals surface area contributed by atoms with Crippen molar-refractivity contribution >= 4 is 19.0 Å². The first kappa shape index (κ1) is 9.31. The maximum Gasteiger partial charge on any atom is 0.207 e. The molecule has 0 radical (unpaired) electrons. The first-order valence-corrected chi connectivity index (χ1v) is 5.93. The van der Waals surface area contributed by atoms with Crippen LogP contribution < -0.4 is 0 Å². The third-order valence-corrected chi connectivity index (χ3v) is 4.98. The molecule has 64 valence electrons. The van der Waals surface area contributed by atoms with Crippen molar-refractivity contribution < 1.29 is 9.09 Å². The Morgan fingerprint density at radius 2 is 2.27 bits per heavy atom. The van der Waals surface area contributed by atoms with Crippen LogP contribution in [-0.2, 0) is 9.09 Å². The van der Waals surface area contributed by atoms with E-state index in [0.717, 1.165) is 10.6 Å². The Labute approximate surface area is 72.0 Å². The van der Waals surface area contributed by atoms with Crippen LogP contribution in [0.5, 0.6) is 0 Å². The van der Waals surface area contributed by atoms with Gasteiger partial charge in [0, 0.05) is 24.5 Å². The van der Waals surface area contributed by atoms with E-state index in [9.17, 15) is 4.57 Å². The van der Waals surface area contributed by atoms with Gasteiger partial charge in [0.15, 0.2) is 0 Å². The van der Waals surface area contributed by atoms with Crippen molar-refractivity contribution in [1.82, 2.24) is 0 Å². The minimum Gasteiger partial charge on any atom is -0.332 e. The van der Waals surface area contributed by atoms with Gasteiger partial charge in [0.1, 0.15) is 0 Å². The highest BCUT2D eigenvalue weighted by molar-refractivity contribution is 7.59. The normalized spacial score (nSPS) is 32.6. The van der Waals surface area contributed by atoms with Crippen LogP contribution in [0.4, 0.5) is 0 Å². The van der Waals surface area contributed by atoms with Crippen LogP contribution in [0.15, 0.2) is 10.6 Å². The van der Waals surface area contributed by atoms with Crippen LogP contribution in [0, 0.1) is 0 Å². The molecular weight excluding hydrogens is 183 g/mol. The van der Waals surface area contributed by atoms with E-state index in [1.54, 1.807) is 0 Å². The van der Waals surface area contributed by atoms with Crippen molar-refractivity contribution in [3.8, 4) is 0 Å². The van der Waals surface area contributed by atoms with E-state index in [-0.39, 0.29) is 0 Å². The Hall–Kier alpha value is 0.220. The summed E-state index contributed by atoms with van der Waals surface area (Å²) in [6.45, 7) is 1.91. The lowest BCUT2D eigenvalue weighted by molar-refractivity contribution is 0.394. The van der Waals surface area contributed by atoms with Crippen molar-refractivity contribution in [2.24, 2.45) is 0 Å². The van der Waals surface area contributed by atoms with Crippen molar-refractivity contribution in [3.63, 3.8) is 0 Å². The first-order valence-electron chi connectivity index (χ1n) is 3.55. The summed E-state index contributed by atoms with van der Waals surface area (Å²) in [5, 5.41) is 0.855. The molecule has 1 rings (SSSR count). The van der Waals surface area contributed by atoms with Crippen molar-refractivity contribution in [3.05, 3.63) is 10.6 Å². The largest absolute Gasteiger partial charge is 0.332 e. The molecule has 0 bridgehead atoms. The molecule has 0 N–H and O–H groups in total. The Bertz CT molecular complexity index is 235. The standard InChI is InChI=1S/C7H12ClO2P/c1-6-5-11(9,10-2)4-3-7(6)8/h3-5H2,1-2H3. The van der Waals surface area contributed by atoms with Gasteiger partial charge in [-0.25, -0.2) is 0 Å². The molecule has 1 heterocycles. The molecule has 4 heteroatoms. The second-order valence-corrected chi connectivity index (χ2v) is 6.03.